The first kappa shape index (κ1) is 33.9. The Morgan fingerprint density at radius 2 is 1.07 bits per heavy atom. The fraction of sp³-hybridized carbons (Fsp3) is 0.222. The van der Waals surface area contributed by atoms with Crippen LogP contribution in [0.1, 0.15) is 98.9 Å². The molecule has 1 atom stereocenters. The van der Waals surface area contributed by atoms with Crippen molar-refractivity contribution < 1.29 is 0 Å². The molecule has 0 bridgehead atoms. The van der Waals surface area contributed by atoms with E-state index in [0.717, 1.165) is 0 Å². The van der Waals surface area contributed by atoms with Gasteiger partial charge in [-0.3, -0.25) is 0 Å². The Bertz CT molecular complexity index is 2510. The zero-order chi connectivity index (χ0) is 37.1. The zero-order valence-electron chi connectivity index (χ0n) is 32.4. The van der Waals surface area contributed by atoms with E-state index >= 15 is 0 Å². The number of rotatable bonds is 6. The van der Waals surface area contributed by atoms with E-state index in [0.29, 0.717) is 11.8 Å². The summed E-state index contributed by atoms with van der Waals surface area (Å²) < 4.78 is 0. The normalized spacial score (nSPS) is 16.8. The number of anilines is 3. The summed E-state index contributed by atoms with van der Waals surface area (Å²) >= 11 is 0. The van der Waals surface area contributed by atoms with Crippen LogP contribution in [-0.4, -0.2) is 0 Å². The molecule has 0 aliphatic heterocycles. The standard InChI is InChI=1S/C54H49N/c1-36-45-18-11-12-19-49(45)53-46(36)20-13-21-47(53)41-26-33-51-50(34-41)48-32-31-44(35-52(48)54(51,2)3)55(43-29-24-40(25-30-43)38-16-9-6-10-17-38)42-27-22-39(23-28-42)37-14-7-4-5-8-15-37/h6,9-13,16-37H,4-5,7-8,14-15H2,1-3H3. The maximum atomic E-state index is 2.47. The summed E-state index contributed by atoms with van der Waals surface area (Å²) in [5.74, 6) is 1.08. The molecule has 0 N–H and O–H groups in total. The maximum Gasteiger partial charge on any atom is 0.0465 e. The van der Waals surface area contributed by atoms with Gasteiger partial charge in [0.05, 0.1) is 0 Å². The zero-order valence-corrected chi connectivity index (χ0v) is 32.4. The molecular formula is C54H49N. The summed E-state index contributed by atoms with van der Waals surface area (Å²) in [6.07, 6.45) is 8.08. The number of hydrogen-bond acceptors (Lipinski definition) is 1. The van der Waals surface area contributed by atoms with E-state index in [-0.39, 0.29) is 5.41 Å². The second-order valence-corrected chi connectivity index (χ2v) is 16.7. The summed E-state index contributed by atoms with van der Waals surface area (Å²) in [5.41, 5.74) is 21.2. The van der Waals surface area contributed by atoms with Crippen molar-refractivity contribution in [3.8, 4) is 44.5 Å². The second-order valence-electron chi connectivity index (χ2n) is 16.7. The molecular weight excluding hydrogens is 663 g/mol. The Kier molecular flexibility index (Phi) is 8.36. The molecule has 7 aromatic carbocycles. The van der Waals surface area contributed by atoms with Crippen LogP contribution < -0.4 is 4.90 Å². The van der Waals surface area contributed by atoms with E-state index in [1.165, 1.54) is 128 Å². The Labute approximate surface area is 327 Å². The van der Waals surface area contributed by atoms with Gasteiger partial charge in [-0.1, -0.05) is 162 Å². The van der Waals surface area contributed by atoms with Crippen LogP contribution >= 0.6 is 0 Å². The molecule has 7 aromatic rings. The lowest BCUT2D eigenvalue weighted by Gasteiger charge is -2.28. The van der Waals surface area contributed by atoms with E-state index in [4.69, 9.17) is 0 Å². The molecule has 1 nitrogen and oxygen atoms in total. The summed E-state index contributed by atoms with van der Waals surface area (Å²) in [6.45, 7) is 7.15. The van der Waals surface area contributed by atoms with Gasteiger partial charge in [0, 0.05) is 28.4 Å². The van der Waals surface area contributed by atoms with Gasteiger partial charge in [0.2, 0.25) is 0 Å². The summed E-state index contributed by atoms with van der Waals surface area (Å²) in [7, 11) is 0. The smallest absolute Gasteiger partial charge is 0.0465 e. The van der Waals surface area contributed by atoms with Crippen LogP contribution in [0.2, 0.25) is 0 Å². The number of hydrogen-bond donors (Lipinski definition) is 0. The molecule has 0 amide bonds. The van der Waals surface area contributed by atoms with E-state index in [1.807, 2.05) is 0 Å². The van der Waals surface area contributed by atoms with Crippen molar-refractivity contribution in [2.75, 3.05) is 4.90 Å². The van der Waals surface area contributed by atoms with E-state index < -0.39 is 0 Å². The van der Waals surface area contributed by atoms with Crippen LogP contribution in [-0.2, 0) is 5.41 Å². The predicted octanol–water partition coefficient (Wildman–Crippen LogP) is 15.4. The second kappa shape index (κ2) is 13.6. The number of fused-ring (bicyclic) bond motifs is 6. The van der Waals surface area contributed by atoms with Crippen LogP contribution in [0.3, 0.4) is 0 Å². The molecule has 0 spiro atoms. The van der Waals surface area contributed by atoms with Crippen LogP contribution in [0.15, 0.2) is 158 Å². The van der Waals surface area contributed by atoms with Gasteiger partial charge in [0.15, 0.2) is 0 Å². The minimum absolute atomic E-state index is 0.134. The SMILES string of the molecule is CC1c2ccccc2-c2c(-c3ccc4c(c3)-c3ccc(N(c5ccc(-c6ccccc6)cc5)c5ccc(C6CCCCCC6)cc5)cc3C4(C)C)cccc21. The maximum absolute atomic E-state index is 2.47. The van der Waals surface area contributed by atoms with Crippen LogP contribution in [0.5, 0.6) is 0 Å². The molecule has 1 heteroatoms. The summed E-state index contributed by atoms with van der Waals surface area (Å²) in [5, 5.41) is 0. The van der Waals surface area contributed by atoms with Gasteiger partial charge in [0.1, 0.15) is 0 Å². The molecule has 0 heterocycles. The van der Waals surface area contributed by atoms with Gasteiger partial charge in [0.25, 0.3) is 0 Å². The molecule has 3 aliphatic carbocycles. The average molecular weight is 712 g/mol. The monoisotopic (exact) mass is 711 g/mol. The average Bonchev–Trinajstić information content (AvgIpc) is 3.46. The van der Waals surface area contributed by atoms with Crippen LogP contribution in [0.4, 0.5) is 17.1 Å². The van der Waals surface area contributed by atoms with Crippen molar-refractivity contribution >= 4 is 17.1 Å². The van der Waals surface area contributed by atoms with Crippen molar-refractivity contribution in [1.29, 1.82) is 0 Å². The first-order chi connectivity index (χ1) is 27.0. The first-order valence-electron chi connectivity index (χ1n) is 20.5. The molecule has 1 saturated carbocycles. The lowest BCUT2D eigenvalue weighted by molar-refractivity contribution is 0.592. The van der Waals surface area contributed by atoms with E-state index in [2.05, 4.69) is 183 Å². The number of nitrogens with zero attached hydrogens (tertiary/aromatic N) is 1. The predicted molar refractivity (Wildman–Crippen MR) is 233 cm³/mol. The van der Waals surface area contributed by atoms with Gasteiger partial charge >= 0.3 is 0 Å². The Hall–Kier alpha value is -5.66. The third kappa shape index (κ3) is 5.75. The van der Waals surface area contributed by atoms with Gasteiger partial charge < -0.3 is 4.90 Å². The van der Waals surface area contributed by atoms with Crippen molar-refractivity contribution in [3.05, 3.63) is 186 Å². The minimum Gasteiger partial charge on any atom is -0.310 e. The van der Waals surface area contributed by atoms with Crippen molar-refractivity contribution in [2.45, 2.75) is 76.5 Å². The minimum atomic E-state index is -0.134. The molecule has 270 valence electrons. The van der Waals surface area contributed by atoms with Crippen molar-refractivity contribution in [3.63, 3.8) is 0 Å². The Morgan fingerprint density at radius 1 is 0.455 bits per heavy atom. The van der Waals surface area contributed by atoms with Gasteiger partial charge in [-0.25, -0.2) is 0 Å². The van der Waals surface area contributed by atoms with Gasteiger partial charge in [-0.05, 0) is 134 Å². The largest absolute Gasteiger partial charge is 0.310 e. The highest BCUT2D eigenvalue weighted by atomic mass is 15.1. The summed E-state index contributed by atoms with van der Waals surface area (Å²) in [6, 6.07) is 59.7. The quantitative estimate of drug-likeness (QED) is 0.155. The Balaban J connectivity index is 1.06. The fourth-order valence-electron chi connectivity index (χ4n) is 10.2. The first-order valence-corrected chi connectivity index (χ1v) is 20.5. The molecule has 1 unspecified atom stereocenters. The molecule has 3 aliphatic rings. The third-order valence-electron chi connectivity index (χ3n) is 13.2. The van der Waals surface area contributed by atoms with Gasteiger partial charge in [-0.2, -0.15) is 0 Å². The van der Waals surface area contributed by atoms with E-state index in [9.17, 15) is 0 Å². The topological polar surface area (TPSA) is 3.24 Å². The van der Waals surface area contributed by atoms with Gasteiger partial charge in [-0.15, -0.1) is 0 Å². The van der Waals surface area contributed by atoms with Crippen molar-refractivity contribution in [2.24, 2.45) is 0 Å². The van der Waals surface area contributed by atoms with Crippen LogP contribution in [0, 0.1) is 0 Å². The highest BCUT2D eigenvalue weighted by Crippen LogP contribution is 2.54. The molecule has 1 fully saturated rings. The highest BCUT2D eigenvalue weighted by Gasteiger charge is 2.37. The molecule has 0 aromatic heterocycles. The van der Waals surface area contributed by atoms with Crippen LogP contribution in [0.25, 0.3) is 44.5 Å². The molecule has 10 rings (SSSR count). The molecule has 0 radical (unpaired) electrons. The third-order valence-corrected chi connectivity index (χ3v) is 13.2. The highest BCUT2D eigenvalue weighted by molar-refractivity contribution is 5.94. The summed E-state index contributed by atoms with van der Waals surface area (Å²) in [4.78, 5) is 2.46. The lowest BCUT2D eigenvalue weighted by atomic mass is 9.81. The van der Waals surface area contributed by atoms with E-state index in [1.54, 1.807) is 0 Å². The Morgan fingerprint density at radius 3 is 1.84 bits per heavy atom. The fourth-order valence-corrected chi connectivity index (χ4v) is 10.2. The molecule has 55 heavy (non-hydrogen) atoms. The molecule has 0 saturated heterocycles. The number of benzene rings is 7. The lowest BCUT2D eigenvalue weighted by Crippen LogP contribution is -2.16. The van der Waals surface area contributed by atoms with Crippen molar-refractivity contribution in [1.82, 2.24) is 0 Å².